The molecule has 0 radical (unpaired) electrons. The number of piperazine rings is 1. The summed E-state index contributed by atoms with van der Waals surface area (Å²) in [5.74, 6) is -0.344. The van der Waals surface area contributed by atoms with E-state index in [1.807, 2.05) is 4.90 Å². The van der Waals surface area contributed by atoms with Gasteiger partial charge >= 0.3 is 5.97 Å². The fourth-order valence-electron chi connectivity index (χ4n) is 1.69. The van der Waals surface area contributed by atoms with E-state index in [9.17, 15) is 4.79 Å². The van der Waals surface area contributed by atoms with Crippen molar-refractivity contribution in [3.8, 4) is 0 Å². The molecule has 0 atom stereocenters. The Morgan fingerprint density at radius 1 is 1.47 bits per heavy atom. The largest absolute Gasteiger partial charge is 0.478 e. The molecule has 5 nitrogen and oxygen atoms in total. The summed E-state index contributed by atoms with van der Waals surface area (Å²) in [4.78, 5) is 17.1. The van der Waals surface area contributed by atoms with E-state index in [2.05, 4.69) is 10.3 Å². The quantitative estimate of drug-likeness (QED) is 0.724. The molecule has 0 aliphatic carbocycles. The first-order valence-electron chi connectivity index (χ1n) is 4.93. The highest BCUT2D eigenvalue weighted by Gasteiger charge is 2.18. The highest BCUT2D eigenvalue weighted by atomic mass is 16.4. The SMILES string of the molecule is O=C(O)c1cccnc1N1CCNCC1. The summed E-state index contributed by atoms with van der Waals surface area (Å²) in [6, 6.07) is 3.24. The maximum atomic E-state index is 11.0. The second kappa shape index (κ2) is 4.27. The molecule has 0 spiro atoms. The van der Waals surface area contributed by atoms with Crippen molar-refractivity contribution < 1.29 is 9.90 Å². The standard InChI is InChI=1S/C10H13N3O2/c14-10(15)8-2-1-3-12-9(8)13-6-4-11-5-7-13/h1-3,11H,4-7H2,(H,14,15). The van der Waals surface area contributed by atoms with Crippen LogP contribution in [-0.4, -0.2) is 42.2 Å². The molecule has 2 N–H and O–H groups in total. The monoisotopic (exact) mass is 207 g/mol. The summed E-state index contributed by atoms with van der Waals surface area (Å²) in [6.45, 7) is 3.35. The maximum absolute atomic E-state index is 11.0. The molecule has 15 heavy (non-hydrogen) atoms. The molecule has 0 aromatic carbocycles. The number of anilines is 1. The van der Waals surface area contributed by atoms with Crippen LogP contribution >= 0.6 is 0 Å². The number of carbonyl (C=O) groups is 1. The lowest BCUT2D eigenvalue weighted by Crippen LogP contribution is -2.44. The molecule has 1 aliphatic heterocycles. The second-order valence-electron chi connectivity index (χ2n) is 3.42. The van der Waals surface area contributed by atoms with Crippen molar-refractivity contribution in [2.45, 2.75) is 0 Å². The summed E-state index contributed by atoms with van der Waals surface area (Å²) in [7, 11) is 0. The maximum Gasteiger partial charge on any atom is 0.339 e. The Morgan fingerprint density at radius 3 is 2.87 bits per heavy atom. The number of nitrogens with one attached hydrogen (secondary N) is 1. The predicted octanol–water partition coefficient (Wildman–Crippen LogP) is 0.189. The molecule has 1 saturated heterocycles. The molecular formula is C10H13N3O2. The van der Waals surface area contributed by atoms with Crippen LogP contribution in [0, 0.1) is 0 Å². The van der Waals surface area contributed by atoms with Crippen molar-refractivity contribution in [3.63, 3.8) is 0 Å². The van der Waals surface area contributed by atoms with Crippen LogP contribution in [0.2, 0.25) is 0 Å². The molecule has 5 heteroatoms. The molecule has 1 aromatic rings. The van der Waals surface area contributed by atoms with Crippen LogP contribution < -0.4 is 10.2 Å². The second-order valence-corrected chi connectivity index (χ2v) is 3.42. The van der Waals surface area contributed by atoms with Crippen LogP contribution in [0.4, 0.5) is 5.82 Å². The molecule has 0 saturated carbocycles. The van der Waals surface area contributed by atoms with Crippen molar-refractivity contribution in [1.82, 2.24) is 10.3 Å². The Morgan fingerprint density at radius 2 is 2.20 bits per heavy atom. The number of carboxylic acids is 1. The van der Waals surface area contributed by atoms with Gasteiger partial charge in [-0.05, 0) is 12.1 Å². The van der Waals surface area contributed by atoms with Gasteiger partial charge in [0.05, 0.1) is 0 Å². The van der Waals surface area contributed by atoms with Gasteiger partial charge < -0.3 is 15.3 Å². The number of nitrogens with zero attached hydrogens (tertiary/aromatic N) is 2. The Kier molecular flexibility index (Phi) is 2.82. The summed E-state index contributed by atoms with van der Waals surface area (Å²) in [5.41, 5.74) is 0.277. The minimum Gasteiger partial charge on any atom is -0.478 e. The first-order valence-corrected chi connectivity index (χ1v) is 4.93. The summed E-state index contributed by atoms with van der Waals surface area (Å²) in [5, 5.41) is 12.2. The molecule has 1 aromatic heterocycles. The molecule has 0 bridgehead atoms. The minimum absolute atomic E-state index is 0.277. The molecule has 0 unspecified atom stereocenters. The van der Waals surface area contributed by atoms with E-state index in [1.54, 1.807) is 18.3 Å². The highest BCUT2D eigenvalue weighted by Crippen LogP contribution is 2.17. The smallest absolute Gasteiger partial charge is 0.339 e. The summed E-state index contributed by atoms with van der Waals surface area (Å²) < 4.78 is 0. The van der Waals surface area contributed by atoms with Crippen molar-refractivity contribution in [1.29, 1.82) is 0 Å². The highest BCUT2D eigenvalue weighted by molar-refractivity contribution is 5.93. The number of aromatic nitrogens is 1. The van der Waals surface area contributed by atoms with Crippen LogP contribution in [0.25, 0.3) is 0 Å². The van der Waals surface area contributed by atoms with Crippen LogP contribution in [0.1, 0.15) is 10.4 Å². The Balaban J connectivity index is 2.29. The average Bonchev–Trinajstić information content (AvgIpc) is 2.30. The van der Waals surface area contributed by atoms with Gasteiger partial charge in [0.25, 0.3) is 0 Å². The van der Waals surface area contributed by atoms with Gasteiger partial charge in [0.1, 0.15) is 11.4 Å². The third-order valence-electron chi connectivity index (χ3n) is 2.43. The van der Waals surface area contributed by atoms with Crippen LogP contribution in [0.3, 0.4) is 0 Å². The zero-order valence-corrected chi connectivity index (χ0v) is 8.31. The average molecular weight is 207 g/mol. The van der Waals surface area contributed by atoms with Crippen molar-refractivity contribution in [2.24, 2.45) is 0 Å². The topological polar surface area (TPSA) is 65.5 Å². The molecule has 1 fully saturated rings. The lowest BCUT2D eigenvalue weighted by Gasteiger charge is -2.29. The van der Waals surface area contributed by atoms with Crippen LogP contribution in [0.15, 0.2) is 18.3 Å². The van der Waals surface area contributed by atoms with Gasteiger partial charge in [0.15, 0.2) is 0 Å². The van der Waals surface area contributed by atoms with E-state index in [0.717, 1.165) is 26.2 Å². The molecular weight excluding hydrogens is 194 g/mol. The third kappa shape index (κ3) is 2.07. The van der Waals surface area contributed by atoms with E-state index >= 15 is 0 Å². The van der Waals surface area contributed by atoms with Gasteiger partial charge in [-0.2, -0.15) is 0 Å². The van der Waals surface area contributed by atoms with E-state index in [1.165, 1.54) is 0 Å². The Bertz CT molecular complexity index is 361. The third-order valence-corrected chi connectivity index (χ3v) is 2.43. The number of rotatable bonds is 2. The van der Waals surface area contributed by atoms with Crippen molar-refractivity contribution >= 4 is 11.8 Å². The van der Waals surface area contributed by atoms with Gasteiger partial charge in [-0.15, -0.1) is 0 Å². The zero-order valence-electron chi connectivity index (χ0n) is 8.31. The number of aromatic carboxylic acids is 1. The molecule has 80 valence electrons. The number of hydrogen-bond acceptors (Lipinski definition) is 4. The molecule has 2 heterocycles. The van der Waals surface area contributed by atoms with E-state index in [4.69, 9.17) is 5.11 Å². The molecule has 1 aliphatic rings. The molecule has 0 amide bonds. The van der Waals surface area contributed by atoms with E-state index < -0.39 is 5.97 Å². The zero-order chi connectivity index (χ0) is 10.7. The lowest BCUT2D eigenvalue weighted by molar-refractivity contribution is 0.0697. The number of hydrogen-bond donors (Lipinski definition) is 2. The fourth-order valence-corrected chi connectivity index (χ4v) is 1.69. The van der Waals surface area contributed by atoms with Crippen molar-refractivity contribution in [3.05, 3.63) is 23.9 Å². The first kappa shape index (κ1) is 9.92. The summed E-state index contributed by atoms with van der Waals surface area (Å²) in [6.07, 6.45) is 1.63. The van der Waals surface area contributed by atoms with Gasteiger partial charge in [0.2, 0.25) is 0 Å². The number of carboxylic acid groups (broad SMARTS) is 1. The fraction of sp³-hybridized carbons (Fsp3) is 0.400. The van der Waals surface area contributed by atoms with Crippen LogP contribution in [0.5, 0.6) is 0 Å². The summed E-state index contributed by atoms with van der Waals surface area (Å²) >= 11 is 0. The predicted molar refractivity (Wildman–Crippen MR) is 56.3 cm³/mol. The Hall–Kier alpha value is -1.62. The Labute approximate surface area is 87.7 Å². The van der Waals surface area contributed by atoms with Gasteiger partial charge in [0, 0.05) is 32.4 Å². The van der Waals surface area contributed by atoms with E-state index in [0.29, 0.717) is 5.82 Å². The van der Waals surface area contributed by atoms with Gasteiger partial charge in [-0.1, -0.05) is 0 Å². The van der Waals surface area contributed by atoms with Gasteiger partial charge in [-0.25, -0.2) is 9.78 Å². The van der Waals surface area contributed by atoms with Crippen molar-refractivity contribution in [2.75, 3.05) is 31.1 Å². The lowest BCUT2D eigenvalue weighted by atomic mass is 10.2. The van der Waals surface area contributed by atoms with Crippen LogP contribution in [-0.2, 0) is 0 Å². The van der Waals surface area contributed by atoms with E-state index in [-0.39, 0.29) is 5.56 Å². The first-order chi connectivity index (χ1) is 7.29. The van der Waals surface area contributed by atoms with Gasteiger partial charge in [-0.3, -0.25) is 0 Å². The number of pyridine rings is 1. The normalized spacial score (nSPS) is 16.4. The minimum atomic E-state index is -0.920. The molecule has 2 rings (SSSR count).